The van der Waals surface area contributed by atoms with Crippen LogP contribution in [-0.2, 0) is 0 Å². The molecule has 3 N–H and O–H groups in total. The number of rotatable bonds is 5. The second kappa shape index (κ2) is 7.40. The molecule has 1 saturated heterocycles. The van der Waals surface area contributed by atoms with Crippen LogP contribution in [0.15, 0.2) is 24.3 Å². The zero-order valence-corrected chi connectivity index (χ0v) is 12.7. The lowest BCUT2D eigenvalue weighted by atomic mass is 10.2. The van der Waals surface area contributed by atoms with Crippen LogP contribution in [0.4, 0.5) is 0 Å². The lowest BCUT2D eigenvalue weighted by Gasteiger charge is -2.38. The molecule has 6 heteroatoms. The lowest BCUT2D eigenvalue weighted by molar-refractivity contribution is 0.0848. The normalized spacial score (nSPS) is 20.2. The van der Waals surface area contributed by atoms with Crippen molar-refractivity contribution in [1.82, 2.24) is 15.2 Å². The number of nitrogen functional groups attached to an aromatic ring is 1. The van der Waals surface area contributed by atoms with Gasteiger partial charge in [0.15, 0.2) is 0 Å². The first-order valence-corrected chi connectivity index (χ1v) is 7.27. The summed E-state index contributed by atoms with van der Waals surface area (Å²) < 4.78 is 5.77. The zero-order valence-electron chi connectivity index (χ0n) is 12.7. The molecule has 2 rings (SSSR count). The van der Waals surface area contributed by atoms with Crippen LogP contribution in [0.3, 0.4) is 0 Å². The summed E-state index contributed by atoms with van der Waals surface area (Å²) in [6.45, 7) is 6.84. The van der Waals surface area contributed by atoms with Gasteiger partial charge in [0.25, 0.3) is 5.91 Å². The van der Waals surface area contributed by atoms with Crippen LogP contribution in [0.1, 0.15) is 17.3 Å². The fraction of sp³-hybridized carbons (Fsp3) is 0.533. The van der Waals surface area contributed by atoms with Gasteiger partial charge in [-0.15, -0.1) is 0 Å². The molecule has 1 heterocycles. The molecule has 1 aliphatic heterocycles. The van der Waals surface area contributed by atoms with Crippen molar-refractivity contribution in [3.8, 4) is 5.75 Å². The summed E-state index contributed by atoms with van der Waals surface area (Å²) in [5, 5.41) is 0. The van der Waals surface area contributed by atoms with Gasteiger partial charge in [-0.05, 0) is 26.1 Å². The minimum Gasteiger partial charge on any atom is -0.491 e. The van der Waals surface area contributed by atoms with Gasteiger partial charge in [-0.1, -0.05) is 12.1 Å². The van der Waals surface area contributed by atoms with Gasteiger partial charge in [0.1, 0.15) is 12.4 Å². The Labute approximate surface area is 125 Å². The molecule has 0 aliphatic carbocycles. The van der Waals surface area contributed by atoms with E-state index < -0.39 is 0 Å². The van der Waals surface area contributed by atoms with Gasteiger partial charge in [-0.25, -0.2) is 5.84 Å². The van der Waals surface area contributed by atoms with E-state index in [1.165, 1.54) is 0 Å². The summed E-state index contributed by atoms with van der Waals surface area (Å²) in [4.78, 5) is 16.4. The third kappa shape index (κ3) is 4.17. The number of carbonyl (C=O) groups excluding carboxylic acids is 1. The molecule has 0 saturated carbocycles. The van der Waals surface area contributed by atoms with Crippen LogP contribution in [0.25, 0.3) is 0 Å². The number of piperazine rings is 1. The quantitative estimate of drug-likeness (QED) is 0.464. The van der Waals surface area contributed by atoms with Gasteiger partial charge in [0.2, 0.25) is 0 Å². The predicted molar refractivity (Wildman–Crippen MR) is 82.1 cm³/mol. The lowest BCUT2D eigenvalue weighted by Crippen LogP contribution is -2.51. The van der Waals surface area contributed by atoms with E-state index in [2.05, 4.69) is 29.2 Å². The van der Waals surface area contributed by atoms with Crippen LogP contribution < -0.4 is 16.0 Å². The maximum Gasteiger partial charge on any atom is 0.268 e. The highest BCUT2D eigenvalue weighted by Crippen LogP contribution is 2.17. The fourth-order valence-electron chi connectivity index (χ4n) is 2.64. The van der Waals surface area contributed by atoms with E-state index in [4.69, 9.17) is 10.6 Å². The number of amides is 1. The molecule has 1 aliphatic rings. The molecule has 0 aromatic heterocycles. The Morgan fingerprint density at radius 3 is 2.90 bits per heavy atom. The first-order chi connectivity index (χ1) is 10.1. The van der Waals surface area contributed by atoms with E-state index in [0.717, 1.165) is 26.2 Å². The average molecular weight is 292 g/mol. The molecule has 1 fully saturated rings. The molecule has 0 bridgehead atoms. The Kier molecular flexibility index (Phi) is 5.55. The number of nitrogens with two attached hydrogens (primary N) is 1. The molecule has 21 heavy (non-hydrogen) atoms. The van der Waals surface area contributed by atoms with Crippen LogP contribution in [0, 0.1) is 0 Å². The molecule has 6 nitrogen and oxygen atoms in total. The summed E-state index contributed by atoms with van der Waals surface area (Å²) in [6, 6.07) is 7.66. The van der Waals surface area contributed by atoms with Crippen molar-refractivity contribution in [2.24, 2.45) is 5.84 Å². The number of carbonyl (C=O) groups is 1. The maximum absolute atomic E-state index is 11.7. The highest BCUT2D eigenvalue weighted by Gasteiger charge is 2.21. The minimum atomic E-state index is -0.335. The first-order valence-electron chi connectivity index (χ1n) is 7.27. The SMILES string of the molecule is CC1CN(C)CCN1CCOc1ccccc1C(=O)NN. The van der Waals surface area contributed by atoms with Gasteiger partial charge in [-0.2, -0.15) is 0 Å². The number of para-hydroxylation sites is 1. The van der Waals surface area contributed by atoms with Crippen molar-refractivity contribution in [3.63, 3.8) is 0 Å². The molecule has 116 valence electrons. The largest absolute Gasteiger partial charge is 0.491 e. The molecule has 0 radical (unpaired) electrons. The molecular weight excluding hydrogens is 268 g/mol. The minimum absolute atomic E-state index is 0.335. The summed E-state index contributed by atoms with van der Waals surface area (Å²) in [7, 11) is 2.14. The smallest absolute Gasteiger partial charge is 0.268 e. The third-order valence-electron chi connectivity index (χ3n) is 3.87. The van der Waals surface area contributed by atoms with Crippen molar-refractivity contribution in [1.29, 1.82) is 0 Å². The van der Waals surface area contributed by atoms with Crippen molar-refractivity contribution in [2.75, 3.05) is 39.8 Å². The molecule has 0 spiro atoms. The number of likely N-dealkylation sites (N-methyl/N-ethyl adjacent to an activating group) is 1. The first kappa shape index (κ1) is 15.8. The number of hydrogen-bond acceptors (Lipinski definition) is 5. The Balaban J connectivity index is 1.88. The Hall–Kier alpha value is -1.63. The van der Waals surface area contributed by atoms with E-state index in [0.29, 0.717) is 24.0 Å². The van der Waals surface area contributed by atoms with Crippen LogP contribution in [0.2, 0.25) is 0 Å². The van der Waals surface area contributed by atoms with Crippen LogP contribution in [-0.4, -0.2) is 61.6 Å². The summed E-state index contributed by atoms with van der Waals surface area (Å²) in [5.74, 6) is 5.42. The van der Waals surface area contributed by atoms with E-state index in [-0.39, 0.29) is 5.91 Å². The average Bonchev–Trinajstić information content (AvgIpc) is 2.49. The monoisotopic (exact) mass is 292 g/mol. The molecule has 1 unspecified atom stereocenters. The highest BCUT2D eigenvalue weighted by atomic mass is 16.5. The molecule has 1 amide bonds. The number of hydrazine groups is 1. The number of nitrogens with one attached hydrogen (secondary N) is 1. The van der Waals surface area contributed by atoms with E-state index in [9.17, 15) is 4.79 Å². The summed E-state index contributed by atoms with van der Waals surface area (Å²) >= 11 is 0. The number of benzene rings is 1. The zero-order chi connectivity index (χ0) is 15.2. The molecule has 1 aromatic carbocycles. The van der Waals surface area contributed by atoms with Crippen molar-refractivity contribution in [2.45, 2.75) is 13.0 Å². The second-order valence-corrected chi connectivity index (χ2v) is 5.47. The Morgan fingerprint density at radius 2 is 2.19 bits per heavy atom. The van der Waals surface area contributed by atoms with E-state index in [1.807, 2.05) is 6.07 Å². The standard InChI is InChI=1S/C15H24N4O2/c1-12-11-18(2)7-8-19(12)9-10-21-14-6-4-3-5-13(14)15(20)17-16/h3-6,12H,7-11,16H2,1-2H3,(H,17,20). The topological polar surface area (TPSA) is 70.8 Å². The summed E-state index contributed by atoms with van der Waals surface area (Å²) in [5.41, 5.74) is 2.60. The number of hydrogen-bond donors (Lipinski definition) is 2. The van der Waals surface area contributed by atoms with E-state index in [1.54, 1.807) is 18.2 Å². The van der Waals surface area contributed by atoms with Gasteiger partial charge in [0.05, 0.1) is 5.56 Å². The predicted octanol–water partition coefficient (Wildman–Crippen LogP) is 0.305. The van der Waals surface area contributed by atoms with Gasteiger partial charge >= 0.3 is 0 Å². The van der Waals surface area contributed by atoms with Crippen molar-refractivity contribution < 1.29 is 9.53 Å². The molecule has 1 aromatic rings. The van der Waals surface area contributed by atoms with Gasteiger partial charge < -0.3 is 9.64 Å². The third-order valence-corrected chi connectivity index (χ3v) is 3.87. The molecule has 1 atom stereocenters. The second-order valence-electron chi connectivity index (χ2n) is 5.47. The van der Waals surface area contributed by atoms with Crippen molar-refractivity contribution in [3.05, 3.63) is 29.8 Å². The fourth-order valence-corrected chi connectivity index (χ4v) is 2.64. The Morgan fingerprint density at radius 1 is 1.43 bits per heavy atom. The highest BCUT2D eigenvalue weighted by molar-refractivity contribution is 5.96. The van der Waals surface area contributed by atoms with Gasteiger partial charge in [0, 0.05) is 32.2 Å². The molecular formula is C15H24N4O2. The van der Waals surface area contributed by atoms with Crippen LogP contribution in [0.5, 0.6) is 5.75 Å². The van der Waals surface area contributed by atoms with Gasteiger partial charge in [-0.3, -0.25) is 15.1 Å². The van der Waals surface area contributed by atoms with E-state index >= 15 is 0 Å². The summed E-state index contributed by atoms with van der Waals surface area (Å²) in [6.07, 6.45) is 0. The van der Waals surface area contributed by atoms with Crippen LogP contribution >= 0.6 is 0 Å². The van der Waals surface area contributed by atoms with Crippen molar-refractivity contribution >= 4 is 5.91 Å². The number of nitrogens with zero attached hydrogens (tertiary/aromatic N) is 2. The maximum atomic E-state index is 11.7. The number of ether oxygens (including phenoxy) is 1. The Bertz CT molecular complexity index is 480.